The van der Waals surface area contributed by atoms with E-state index < -0.39 is 6.10 Å². The molecule has 0 radical (unpaired) electrons. The Morgan fingerprint density at radius 3 is 2.86 bits per heavy atom. The molecule has 0 saturated heterocycles. The van der Waals surface area contributed by atoms with Crippen LogP contribution in [-0.2, 0) is 16.1 Å². The van der Waals surface area contributed by atoms with Crippen molar-refractivity contribution in [2.24, 2.45) is 0 Å². The van der Waals surface area contributed by atoms with Gasteiger partial charge in [0.1, 0.15) is 12.4 Å². The summed E-state index contributed by atoms with van der Waals surface area (Å²) in [4.78, 5) is 11.6. The van der Waals surface area contributed by atoms with Gasteiger partial charge < -0.3 is 24.9 Å². The number of hydrogen-bond donors (Lipinski definition) is 3. The molecule has 1 aromatic heterocycles. The molecule has 1 heterocycles. The summed E-state index contributed by atoms with van der Waals surface area (Å²) < 4.78 is 10.4. The van der Waals surface area contributed by atoms with Crippen molar-refractivity contribution < 1.29 is 19.1 Å². The molecular weight excluding hydrogens is 272 g/mol. The summed E-state index contributed by atoms with van der Waals surface area (Å²) in [6.45, 7) is 7.31. The summed E-state index contributed by atoms with van der Waals surface area (Å²) >= 11 is 0. The molecule has 0 aliphatic rings. The van der Waals surface area contributed by atoms with E-state index in [1.165, 1.54) is 0 Å². The smallest absolute Gasteiger partial charge is 0.221 e. The van der Waals surface area contributed by atoms with Crippen LogP contribution in [0.15, 0.2) is 22.8 Å². The van der Waals surface area contributed by atoms with Gasteiger partial charge in [0.25, 0.3) is 0 Å². The van der Waals surface area contributed by atoms with Crippen LogP contribution in [0, 0.1) is 0 Å². The Morgan fingerprint density at radius 2 is 2.24 bits per heavy atom. The van der Waals surface area contributed by atoms with Gasteiger partial charge in [0.05, 0.1) is 19.0 Å². The molecule has 0 bridgehead atoms. The molecule has 6 nitrogen and oxygen atoms in total. The van der Waals surface area contributed by atoms with E-state index in [4.69, 9.17) is 9.15 Å². The van der Waals surface area contributed by atoms with Crippen molar-refractivity contribution in [2.45, 2.75) is 45.4 Å². The molecule has 0 spiro atoms. The van der Waals surface area contributed by atoms with Gasteiger partial charge in [-0.15, -0.1) is 0 Å². The van der Waals surface area contributed by atoms with E-state index in [-0.39, 0.29) is 18.1 Å². The number of furan rings is 1. The second-order valence-corrected chi connectivity index (χ2v) is 6.00. The Balaban J connectivity index is 2.00. The van der Waals surface area contributed by atoms with Gasteiger partial charge in [-0.1, -0.05) is 0 Å². The van der Waals surface area contributed by atoms with Crippen molar-refractivity contribution in [2.75, 3.05) is 19.7 Å². The molecule has 1 atom stereocenters. The molecule has 120 valence electrons. The van der Waals surface area contributed by atoms with Crippen LogP contribution in [0.1, 0.15) is 33.0 Å². The average Bonchev–Trinajstić information content (AvgIpc) is 2.85. The summed E-state index contributed by atoms with van der Waals surface area (Å²) in [6, 6.07) is 3.61. The number of rotatable bonds is 9. The second-order valence-electron chi connectivity index (χ2n) is 6.00. The number of nitrogens with one attached hydrogen (secondary N) is 2. The maximum Gasteiger partial charge on any atom is 0.221 e. The Bertz CT molecular complexity index is 398. The molecule has 1 rings (SSSR count). The van der Waals surface area contributed by atoms with E-state index in [2.05, 4.69) is 10.6 Å². The largest absolute Gasteiger partial charge is 0.467 e. The Kier molecular flexibility index (Phi) is 7.42. The van der Waals surface area contributed by atoms with Crippen LogP contribution in [0.2, 0.25) is 0 Å². The fourth-order valence-electron chi connectivity index (χ4n) is 1.70. The standard InChI is InChI=1S/C15H26N2O4/c1-15(2,3)17-14(19)6-7-16-9-12(18)10-20-11-13-5-4-8-21-13/h4-5,8,12,16,18H,6-7,9-11H2,1-3H3,(H,17,19). The van der Waals surface area contributed by atoms with E-state index in [0.717, 1.165) is 5.76 Å². The lowest BCUT2D eigenvalue weighted by atomic mass is 10.1. The second kappa shape index (κ2) is 8.81. The quantitative estimate of drug-likeness (QED) is 0.594. The Hall–Kier alpha value is -1.37. The van der Waals surface area contributed by atoms with Crippen molar-refractivity contribution in [1.29, 1.82) is 0 Å². The van der Waals surface area contributed by atoms with Crippen LogP contribution in [0.25, 0.3) is 0 Å². The first-order valence-corrected chi connectivity index (χ1v) is 7.17. The Morgan fingerprint density at radius 1 is 1.48 bits per heavy atom. The summed E-state index contributed by atoms with van der Waals surface area (Å²) in [6.07, 6.45) is 1.36. The lowest BCUT2D eigenvalue weighted by Crippen LogP contribution is -2.42. The molecule has 0 saturated carbocycles. The van der Waals surface area contributed by atoms with Crippen molar-refractivity contribution in [3.8, 4) is 0 Å². The summed E-state index contributed by atoms with van der Waals surface area (Å²) in [5, 5.41) is 15.6. The number of carbonyl (C=O) groups excluding carboxylic acids is 1. The van der Waals surface area contributed by atoms with Crippen molar-refractivity contribution in [1.82, 2.24) is 10.6 Å². The summed E-state index contributed by atoms with van der Waals surface area (Å²) in [7, 11) is 0. The van der Waals surface area contributed by atoms with Gasteiger partial charge in [0, 0.05) is 25.0 Å². The zero-order chi connectivity index (χ0) is 15.7. The predicted octanol–water partition coefficient (Wildman–Crippen LogP) is 1.05. The normalized spacial score (nSPS) is 13.1. The molecule has 1 unspecified atom stereocenters. The fraction of sp³-hybridized carbons (Fsp3) is 0.667. The monoisotopic (exact) mass is 298 g/mol. The summed E-state index contributed by atoms with van der Waals surface area (Å²) in [5.74, 6) is 0.729. The molecule has 21 heavy (non-hydrogen) atoms. The lowest BCUT2D eigenvalue weighted by Gasteiger charge is -2.20. The van der Waals surface area contributed by atoms with Crippen LogP contribution < -0.4 is 10.6 Å². The first-order chi connectivity index (χ1) is 9.87. The first kappa shape index (κ1) is 17.7. The van der Waals surface area contributed by atoms with E-state index >= 15 is 0 Å². The van der Waals surface area contributed by atoms with Crippen LogP contribution >= 0.6 is 0 Å². The number of hydrogen-bond acceptors (Lipinski definition) is 5. The number of carbonyl (C=O) groups is 1. The molecule has 1 aromatic rings. The van der Waals surface area contributed by atoms with Crippen LogP contribution in [-0.4, -0.2) is 42.4 Å². The SMILES string of the molecule is CC(C)(C)NC(=O)CCNCC(O)COCc1ccco1. The third kappa shape index (κ3) is 9.23. The minimum absolute atomic E-state index is 0.00133. The number of amides is 1. The van der Waals surface area contributed by atoms with Gasteiger partial charge in [-0.3, -0.25) is 4.79 Å². The van der Waals surface area contributed by atoms with Crippen LogP contribution in [0.5, 0.6) is 0 Å². The van der Waals surface area contributed by atoms with E-state index in [9.17, 15) is 9.90 Å². The summed E-state index contributed by atoms with van der Waals surface area (Å²) in [5.41, 5.74) is -0.212. The van der Waals surface area contributed by atoms with Crippen LogP contribution in [0.4, 0.5) is 0 Å². The first-order valence-electron chi connectivity index (χ1n) is 7.17. The molecule has 0 aliphatic carbocycles. The average molecular weight is 298 g/mol. The fourth-order valence-corrected chi connectivity index (χ4v) is 1.70. The third-order valence-electron chi connectivity index (χ3n) is 2.56. The highest BCUT2D eigenvalue weighted by Crippen LogP contribution is 2.02. The van der Waals surface area contributed by atoms with Crippen molar-refractivity contribution in [3.63, 3.8) is 0 Å². The van der Waals surface area contributed by atoms with Gasteiger partial charge in [-0.25, -0.2) is 0 Å². The lowest BCUT2D eigenvalue weighted by molar-refractivity contribution is -0.122. The number of aliphatic hydroxyl groups excluding tert-OH is 1. The maximum atomic E-state index is 11.6. The van der Waals surface area contributed by atoms with Gasteiger partial charge in [0.2, 0.25) is 5.91 Å². The third-order valence-corrected chi connectivity index (χ3v) is 2.56. The van der Waals surface area contributed by atoms with Gasteiger partial charge in [0.15, 0.2) is 0 Å². The maximum absolute atomic E-state index is 11.6. The van der Waals surface area contributed by atoms with Gasteiger partial charge in [-0.05, 0) is 32.9 Å². The minimum atomic E-state index is -0.606. The molecule has 0 aliphatic heterocycles. The van der Waals surface area contributed by atoms with Gasteiger partial charge >= 0.3 is 0 Å². The van der Waals surface area contributed by atoms with E-state index in [1.807, 2.05) is 26.8 Å². The molecule has 0 aromatic carbocycles. The van der Waals surface area contributed by atoms with Crippen molar-refractivity contribution >= 4 is 5.91 Å². The molecule has 0 fully saturated rings. The highest BCUT2D eigenvalue weighted by molar-refractivity contribution is 5.76. The molecule has 3 N–H and O–H groups in total. The zero-order valence-electron chi connectivity index (χ0n) is 13.0. The minimum Gasteiger partial charge on any atom is -0.467 e. The van der Waals surface area contributed by atoms with E-state index in [1.54, 1.807) is 12.3 Å². The number of aliphatic hydroxyl groups is 1. The molecule has 6 heteroatoms. The number of ether oxygens (including phenoxy) is 1. The van der Waals surface area contributed by atoms with Crippen LogP contribution in [0.3, 0.4) is 0 Å². The highest BCUT2D eigenvalue weighted by atomic mass is 16.5. The van der Waals surface area contributed by atoms with Crippen molar-refractivity contribution in [3.05, 3.63) is 24.2 Å². The molecular formula is C15H26N2O4. The van der Waals surface area contributed by atoms with Gasteiger partial charge in [-0.2, -0.15) is 0 Å². The topological polar surface area (TPSA) is 83.7 Å². The molecule has 1 amide bonds. The van der Waals surface area contributed by atoms with E-state index in [0.29, 0.717) is 26.1 Å². The highest BCUT2D eigenvalue weighted by Gasteiger charge is 2.13. The Labute approximate surface area is 125 Å². The zero-order valence-corrected chi connectivity index (χ0v) is 13.0. The predicted molar refractivity (Wildman–Crippen MR) is 79.8 cm³/mol.